The molecule has 1 heterocycles. The van der Waals surface area contributed by atoms with Crippen molar-refractivity contribution in [2.45, 2.75) is 32.4 Å². The molecule has 1 rings (SSSR count). The van der Waals surface area contributed by atoms with Gasteiger partial charge < -0.3 is 10.4 Å². The molecule has 0 aromatic rings. The van der Waals surface area contributed by atoms with Crippen molar-refractivity contribution in [1.82, 2.24) is 15.1 Å². The summed E-state index contributed by atoms with van der Waals surface area (Å²) >= 11 is 0. The van der Waals surface area contributed by atoms with Gasteiger partial charge in [0.25, 0.3) is 0 Å². The number of amides is 4. The molecule has 1 fully saturated rings. The van der Waals surface area contributed by atoms with Crippen LogP contribution in [-0.4, -0.2) is 64.5 Å². The minimum atomic E-state index is -0.906. The molecule has 4 amide bonds. The Morgan fingerprint density at radius 2 is 1.78 bits per heavy atom. The van der Waals surface area contributed by atoms with Gasteiger partial charge in [0.2, 0.25) is 0 Å². The monoisotopic (exact) mass is 257 g/mol. The van der Waals surface area contributed by atoms with Crippen LogP contribution in [0.25, 0.3) is 0 Å². The van der Waals surface area contributed by atoms with Crippen LogP contribution < -0.4 is 5.32 Å². The van der Waals surface area contributed by atoms with E-state index in [9.17, 15) is 19.5 Å². The second-order valence-corrected chi connectivity index (χ2v) is 5.35. The summed E-state index contributed by atoms with van der Waals surface area (Å²) in [5.41, 5.74) is -0.174. The van der Waals surface area contributed by atoms with E-state index in [-0.39, 0.29) is 18.6 Å². The molecule has 7 nitrogen and oxygen atoms in total. The fourth-order valence-electron chi connectivity index (χ4n) is 1.47. The number of aliphatic hydroxyl groups is 1. The number of likely N-dealkylation sites (N-methyl/N-ethyl adjacent to an activating group) is 1. The molecule has 1 aliphatic heterocycles. The lowest BCUT2D eigenvalue weighted by Crippen LogP contribution is -2.46. The highest BCUT2D eigenvalue weighted by Gasteiger charge is 2.42. The SMILES string of the molecule is CN1C(=O)C(=O)N(CC(O)CNC(C)(C)C)C1=O. The summed E-state index contributed by atoms with van der Waals surface area (Å²) in [5.74, 6) is -1.76. The van der Waals surface area contributed by atoms with E-state index >= 15 is 0 Å². The van der Waals surface area contributed by atoms with Crippen LogP contribution in [0.4, 0.5) is 4.79 Å². The Morgan fingerprint density at radius 3 is 2.17 bits per heavy atom. The first-order valence-electron chi connectivity index (χ1n) is 5.70. The van der Waals surface area contributed by atoms with Crippen LogP contribution in [0.15, 0.2) is 0 Å². The van der Waals surface area contributed by atoms with Crippen LogP contribution in [0.2, 0.25) is 0 Å². The molecule has 102 valence electrons. The highest BCUT2D eigenvalue weighted by atomic mass is 16.3. The molecule has 0 bridgehead atoms. The molecule has 0 aromatic carbocycles. The van der Waals surface area contributed by atoms with Gasteiger partial charge in [0.1, 0.15) is 0 Å². The van der Waals surface area contributed by atoms with Crippen molar-refractivity contribution < 1.29 is 19.5 Å². The van der Waals surface area contributed by atoms with Crippen molar-refractivity contribution in [3.63, 3.8) is 0 Å². The molecule has 7 heteroatoms. The third-order valence-electron chi connectivity index (χ3n) is 2.51. The second kappa shape index (κ2) is 5.03. The summed E-state index contributed by atoms with van der Waals surface area (Å²) in [6.45, 7) is 5.85. The summed E-state index contributed by atoms with van der Waals surface area (Å²) in [5, 5.41) is 12.8. The van der Waals surface area contributed by atoms with Crippen molar-refractivity contribution in [3.8, 4) is 0 Å². The highest BCUT2D eigenvalue weighted by Crippen LogP contribution is 2.10. The smallest absolute Gasteiger partial charge is 0.334 e. The molecule has 1 atom stereocenters. The number of hydrogen-bond donors (Lipinski definition) is 2. The number of carbonyl (C=O) groups excluding carboxylic acids is 3. The van der Waals surface area contributed by atoms with Gasteiger partial charge in [0.15, 0.2) is 0 Å². The van der Waals surface area contributed by atoms with Gasteiger partial charge in [0.05, 0.1) is 12.6 Å². The molecule has 0 saturated carbocycles. The molecular formula is C11H19N3O4. The number of carbonyl (C=O) groups is 3. The van der Waals surface area contributed by atoms with Gasteiger partial charge in [0, 0.05) is 19.1 Å². The van der Waals surface area contributed by atoms with E-state index in [1.165, 1.54) is 7.05 Å². The number of nitrogens with zero attached hydrogens (tertiary/aromatic N) is 2. The quantitative estimate of drug-likeness (QED) is 0.506. The van der Waals surface area contributed by atoms with E-state index in [2.05, 4.69) is 5.32 Å². The number of aliphatic hydroxyl groups excluding tert-OH is 1. The third kappa shape index (κ3) is 3.27. The minimum Gasteiger partial charge on any atom is -0.390 e. The maximum Gasteiger partial charge on any atom is 0.334 e. The molecule has 2 N–H and O–H groups in total. The van der Waals surface area contributed by atoms with Gasteiger partial charge >= 0.3 is 17.8 Å². The third-order valence-corrected chi connectivity index (χ3v) is 2.51. The number of nitrogens with one attached hydrogen (secondary N) is 1. The highest BCUT2D eigenvalue weighted by molar-refractivity contribution is 6.44. The molecule has 0 spiro atoms. The van der Waals surface area contributed by atoms with Gasteiger partial charge in [-0.05, 0) is 20.8 Å². The summed E-state index contributed by atoms with van der Waals surface area (Å²) in [7, 11) is 1.24. The Balaban J connectivity index is 2.55. The number of hydrogen-bond acceptors (Lipinski definition) is 5. The van der Waals surface area contributed by atoms with E-state index in [0.29, 0.717) is 0 Å². The average molecular weight is 257 g/mol. The van der Waals surface area contributed by atoms with E-state index < -0.39 is 23.9 Å². The van der Waals surface area contributed by atoms with Gasteiger partial charge in [-0.2, -0.15) is 0 Å². The van der Waals surface area contributed by atoms with Crippen molar-refractivity contribution in [2.75, 3.05) is 20.1 Å². The maximum atomic E-state index is 11.5. The summed E-state index contributed by atoms with van der Waals surface area (Å²) in [6, 6.07) is -0.695. The predicted octanol–water partition coefficient (Wildman–Crippen LogP) is -0.844. The number of urea groups is 1. The molecule has 1 unspecified atom stereocenters. The van der Waals surface area contributed by atoms with Crippen LogP contribution in [0.3, 0.4) is 0 Å². The normalized spacial score (nSPS) is 18.8. The van der Waals surface area contributed by atoms with Crippen LogP contribution in [-0.2, 0) is 9.59 Å². The van der Waals surface area contributed by atoms with Crippen LogP contribution in [0.5, 0.6) is 0 Å². The first kappa shape index (κ1) is 14.6. The van der Waals surface area contributed by atoms with Gasteiger partial charge in [-0.25, -0.2) is 4.79 Å². The summed E-state index contributed by atoms with van der Waals surface area (Å²) in [6.07, 6.45) is -0.906. The Labute approximate surface area is 106 Å². The largest absolute Gasteiger partial charge is 0.390 e. The maximum absolute atomic E-state index is 11.5. The van der Waals surface area contributed by atoms with Crippen LogP contribution in [0, 0.1) is 0 Å². The number of rotatable bonds is 4. The summed E-state index contributed by atoms with van der Waals surface area (Å²) < 4.78 is 0. The molecule has 18 heavy (non-hydrogen) atoms. The van der Waals surface area contributed by atoms with Crippen molar-refractivity contribution in [2.24, 2.45) is 0 Å². The Kier molecular flexibility index (Phi) is 4.08. The lowest BCUT2D eigenvalue weighted by molar-refractivity contribution is -0.143. The summed E-state index contributed by atoms with van der Waals surface area (Å²) in [4.78, 5) is 35.7. The fraction of sp³-hybridized carbons (Fsp3) is 0.727. The molecule has 1 saturated heterocycles. The minimum absolute atomic E-state index is 0.174. The van der Waals surface area contributed by atoms with Crippen molar-refractivity contribution in [3.05, 3.63) is 0 Å². The lowest BCUT2D eigenvalue weighted by Gasteiger charge is -2.24. The van der Waals surface area contributed by atoms with Gasteiger partial charge in [-0.3, -0.25) is 19.4 Å². The first-order chi connectivity index (χ1) is 8.13. The Bertz CT molecular complexity index is 375. The number of imide groups is 2. The van der Waals surface area contributed by atoms with Gasteiger partial charge in [-0.1, -0.05) is 0 Å². The van der Waals surface area contributed by atoms with E-state index in [1.807, 2.05) is 20.8 Å². The van der Waals surface area contributed by atoms with E-state index in [1.54, 1.807) is 0 Å². The Morgan fingerprint density at radius 1 is 1.22 bits per heavy atom. The van der Waals surface area contributed by atoms with Crippen LogP contribution >= 0.6 is 0 Å². The standard InChI is InChI=1S/C11H19N3O4/c1-11(2,3)12-5-7(15)6-14-9(17)8(16)13(4)10(14)18/h7,12,15H,5-6H2,1-4H3. The predicted molar refractivity (Wildman–Crippen MR) is 63.6 cm³/mol. The zero-order valence-electron chi connectivity index (χ0n) is 11.1. The lowest BCUT2D eigenvalue weighted by atomic mass is 10.1. The Hall–Kier alpha value is -1.47. The molecule has 1 aliphatic rings. The zero-order valence-corrected chi connectivity index (χ0v) is 11.1. The van der Waals surface area contributed by atoms with Crippen LogP contribution in [0.1, 0.15) is 20.8 Å². The topological polar surface area (TPSA) is 90.0 Å². The molecular weight excluding hydrogens is 238 g/mol. The average Bonchev–Trinajstić information content (AvgIpc) is 2.43. The molecule has 0 aromatic heterocycles. The van der Waals surface area contributed by atoms with E-state index in [0.717, 1.165) is 9.80 Å². The van der Waals surface area contributed by atoms with Crippen molar-refractivity contribution >= 4 is 17.8 Å². The number of β-amino-alcohol motifs (C(OH)–C–C–N with tert-alkyl or cyclic N) is 1. The molecule has 0 aliphatic carbocycles. The van der Waals surface area contributed by atoms with E-state index in [4.69, 9.17) is 0 Å². The zero-order chi connectivity index (χ0) is 14.1. The van der Waals surface area contributed by atoms with Gasteiger partial charge in [-0.15, -0.1) is 0 Å². The fourth-order valence-corrected chi connectivity index (χ4v) is 1.47. The van der Waals surface area contributed by atoms with Crippen molar-refractivity contribution in [1.29, 1.82) is 0 Å². The second-order valence-electron chi connectivity index (χ2n) is 5.35. The molecule has 0 radical (unpaired) electrons. The first-order valence-corrected chi connectivity index (χ1v) is 5.70.